The van der Waals surface area contributed by atoms with Gasteiger partial charge in [0, 0.05) is 6.54 Å². The molecule has 90 valence electrons. The average molecular weight is 264 g/mol. The van der Waals surface area contributed by atoms with Crippen LogP contribution >= 0.6 is 11.6 Å². The van der Waals surface area contributed by atoms with Gasteiger partial charge in [0.15, 0.2) is 0 Å². The van der Waals surface area contributed by atoms with Gasteiger partial charge in [-0.2, -0.15) is 0 Å². The molecule has 0 aliphatic rings. The Bertz CT molecular complexity index is 471. The molecule has 0 amide bonds. The fraction of sp³-hybridized carbons (Fsp3) is 0.400. The predicted molar refractivity (Wildman–Crippen MR) is 63.1 cm³/mol. The van der Waals surface area contributed by atoms with Gasteiger partial charge >= 0.3 is 0 Å². The standard InChI is InChI=1S/C10H14ClNO3S/c1-7-3-4-10(9(11)5-7)16(14,15)12-6-8(2)13/h3-5,8,12-13H,6H2,1-2H3. The Kier molecular flexibility index (Phi) is 4.32. The summed E-state index contributed by atoms with van der Waals surface area (Å²) in [6, 6.07) is 4.70. The van der Waals surface area contributed by atoms with Crippen LogP contribution in [0.5, 0.6) is 0 Å². The average Bonchev–Trinajstić information content (AvgIpc) is 2.14. The molecule has 4 nitrogen and oxygen atoms in total. The molecule has 2 N–H and O–H groups in total. The third-order valence-electron chi connectivity index (χ3n) is 1.95. The molecule has 0 saturated carbocycles. The van der Waals surface area contributed by atoms with Gasteiger partial charge in [-0.15, -0.1) is 0 Å². The largest absolute Gasteiger partial charge is 0.392 e. The van der Waals surface area contributed by atoms with E-state index in [1.165, 1.54) is 13.0 Å². The summed E-state index contributed by atoms with van der Waals surface area (Å²) >= 11 is 5.85. The number of nitrogens with one attached hydrogen (secondary N) is 1. The van der Waals surface area contributed by atoms with E-state index in [9.17, 15) is 8.42 Å². The van der Waals surface area contributed by atoms with E-state index in [0.29, 0.717) is 0 Å². The molecule has 1 aromatic rings. The minimum Gasteiger partial charge on any atom is -0.392 e. The van der Waals surface area contributed by atoms with E-state index in [0.717, 1.165) is 5.56 Å². The summed E-state index contributed by atoms with van der Waals surface area (Å²) in [5, 5.41) is 9.19. The van der Waals surface area contributed by atoms with Crippen LogP contribution in [0.2, 0.25) is 5.02 Å². The fourth-order valence-electron chi connectivity index (χ4n) is 1.13. The van der Waals surface area contributed by atoms with E-state index in [1.807, 2.05) is 6.92 Å². The number of aliphatic hydroxyl groups excluding tert-OH is 1. The normalized spacial score (nSPS) is 13.8. The topological polar surface area (TPSA) is 66.4 Å². The van der Waals surface area contributed by atoms with Gasteiger partial charge in [0.1, 0.15) is 4.90 Å². The summed E-state index contributed by atoms with van der Waals surface area (Å²) in [6.07, 6.45) is -0.737. The Labute approximate surface area is 100 Å². The first-order valence-corrected chi connectivity index (χ1v) is 6.63. The summed E-state index contributed by atoms with van der Waals surface area (Å²) in [5.41, 5.74) is 0.888. The number of hydrogen-bond acceptors (Lipinski definition) is 3. The molecule has 0 bridgehead atoms. The van der Waals surface area contributed by atoms with Crippen LogP contribution in [0.1, 0.15) is 12.5 Å². The summed E-state index contributed by atoms with van der Waals surface area (Å²) in [4.78, 5) is 0.0282. The number of aliphatic hydroxyl groups is 1. The van der Waals surface area contributed by atoms with Crippen LogP contribution in [-0.4, -0.2) is 26.2 Å². The van der Waals surface area contributed by atoms with Gasteiger partial charge in [0.25, 0.3) is 0 Å². The maximum absolute atomic E-state index is 11.8. The van der Waals surface area contributed by atoms with E-state index in [-0.39, 0.29) is 16.5 Å². The van der Waals surface area contributed by atoms with E-state index < -0.39 is 16.1 Å². The van der Waals surface area contributed by atoms with Crippen LogP contribution in [0.4, 0.5) is 0 Å². The molecule has 0 aromatic heterocycles. The van der Waals surface area contributed by atoms with E-state index in [4.69, 9.17) is 16.7 Å². The van der Waals surface area contributed by atoms with Crippen LogP contribution in [0.3, 0.4) is 0 Å². The lowest BCUT2D eigenvalue weighted by atomic mass is 10.2. The van der Waals surface area contributed by atoms with Crippen molar-refractivity contribution in [2.75, 3.05) is 6.54 Å². The van der Waals surface area contributed by atoms with Gasteiger partial charge in [0.2, 0.25) is 10.0 Å². The number of hydrogen-bond donors (Lipinski definition) is 2. The van der Waals surface area contributed by atoms with Crippen LogP contribution < -0.4 is 4.72 Å². The Balaban J connectivity index is 2.99. The van der Waals surface area contributed by atoms with Gasteiger partial charge in [-0.05, 0) is 31.5 Å². The highest BCUT2D eigenvalue weighted by Gasteiger charge is 2.17. The first-order chi connectivity index (χ1) is 7.33. The van der Waals surface area contributed by atoms with Gasteiger partial charge in [-0.1, -0.05) is 17.7 Å². The molecule has 1 unspecified atom stereocenters. The molecule has 0 aliphatic heterocycles. The lowest BCUT2D eigenvalue weighted by molar-refractivity contribution is 0.198. The van der Waals surface area contributed by atoms with Crippen molar-refractivity contribution < 1.29 is 13.5 Å². The minimum absolute atomic E-state index is 0.0282. The summed E-state index contributed by atoms with van der Waals surface area (Å²) in [7, 11) is -3.64. The highest BCUT2D eigenvalue weighted by atomic mass is 35.5. The van der Waals surface area contributed by atoms with Crippen LogP contribution in [0.25, 0.3) is 0 Å². The van der Waals surface area contributed by atoms with Gasteiger partial charge in [0.05, 0.1) is 11.1 Å². The molecule has 0 saturated heterocycles. The second-order valence-corrected chi connectivity index (χ2v) is 5.78. The van der Waals surface area contributed by atoms with Crippen molar-refractivity contribution in [2.45, 2.75) is 24.8 Å². The summed E-state index contributed by atoms with van der Waals surface area (Å²) in [6.45, 7) is 3.29. The highest BCUT2D eigenvalue weighted by Crippen LogP contribution is 2.22. The maximum atomic E-state index is 11.8. The number of aryl methyl sites for hydroxylation is 1. The predicted octanol–water partition coefficient (Wildman–Crippen LogP) is 1.31. The van der Waals surface area contributed by atoms with Gasteiger partial charge in [-0.25, -0.2) is 13.1 Å². The molecular formula is C10H14ClNO3S. The van der Waals surface area contributed by atoms with E-state index in [2.05, 4.69) is 4.72 Å². The lowest BCUT2D eigenvalue weighted by Crippen LogP contribution is -2.30. The van der Waals surface area contributed by atoms with Crippen molar-refractivity contribution in [3.05, 3.63) is 28.8 Å². The van der Waals surface area contributed by atoms with Crippen LogP contribution in [-0.2, 0) is 10.0 Å². The number of rotatable bonds is 4. The lowest BCUT2D eigenvalue weighted by Gasteiger charge is -2.09. The summed E-state index contributed by atoms with van der Waals surface area (Å²) in [5.74, 6) is 0. The van der Waals surface area contributed by atoms with Crippen molar-refractivity contribution in [1.29, 1.82) is 0 Å². The Morgan fingerprint density at radius 1 is 1.50 bits per heavy atom. The monoisotopic (exact) mass is 263 g/mol. The molecule has 1 aromatic carbocycles. The molecule has 1 rings (SSSR count). The van der Waals surface area contributed by atoms with Crippen molar-refractivity contribution >= 4 is 21.6 Å². The second kappa shape index (κ2) is 5.14. The first-order valence-electron chi connectivity index (χ1n) is 4.77. The highest BCUT2D eigenvalue weighted by molar-refractivity contribution is 7.89. The minimum atomic E-state index is -3.64. The zero-order valence-electron chi connectivity index (χ0n) is 9.07. The molecule has 0 spiro atoms. The SMILES string of the molecule is Cc1ccc(S(=O)(=O)NCC(C)O)c(Cl)c1. The Morgan fingerprint density at radius 2 is 2.12 bits per heavy atom. The first kappa shape index (κ1) is 13.4. The molecule has 0 radical (unpaired) electrons. The zero-order chi connectivity index (χ0) is 12.3. The molecule has 0 aliphatic carbocycles. The van der Waals surface area contributed by atoms with E-state index in [1.54, 1.807) is 12.1 Å². The smallest absolute Gasteiger partial charge is 0.242 e. The van der Waals surface area contributed by atoms with Crippen molar-refractivity contribution in [3.63, 3.8) is 0 Å². The molecule has 0 fully saturated rings. The van der Waals surface area contributed by atoms with Gasteiger partial charge < -0.3 is 5.11 Å². The van der Waals surface area contributed by atoms with Gasteiger partial charge in [-0.3, -0.25) is 0 Å². The van der Waals surface area contributed by atoms with E-state index >= 15 is 0 Å². The maximum Gasteiger partial charge on any atom is 0.242 e. The van der Waals surface area contributed by atoms with Crippen LogP contribution in [0, 0.1) is 6.92 Å². The second-order valence-electron chi connectivity index (χ2n) is 3.63. The van der Waals surface area contributed by atoms with Crippen molar-refractivity contribution in [3.8, 4) is 0 Å². The quantitative estimate of drug-likeness (QED) is 0.861. The molecule has 0 heterocycles. The molecule has 16 heavy (non-hydrogen) atoms. The Morgan fingerprint density at radius 3 is 2.62 bits per heavy atom. The molecule has 1 atom stereocenters. The fourth-order valence-corrected chi connectivity index (χ4v) is 2.85. The number of halogens is 1. The molecule has 6 heteroatoms. The molecular weight excluding hydrogens is 250 g/mol. The number of sulfonamides is 1. The van der Waals surface area contributed by atoms with Crippen molar-refractivity contribution in [1.82, 2.24) is 4.72 Å². The zero-order valence-corrected chi connectivity index (χ0v) is 10.6. The Hall–Kier alpha value is -0.620. The third kappa shape index (κ3) is 3.45. The van der Waals surface area contributed by atoms with Crippen LogP contribution in [0.15, 0.2) is 23.1 Å². The summed E-state index contributed by atoms with van der Waals surface area (Å²) < 4.78 is 25.8. The third-order valence-corrected chi connectivity index (χ3v) is 3.85. The number of benzene rings is 1. The van der Waals surface area contributed by atoms with Crippen molar-refractivity contribution in [2.24, 2.45) is 0 Å².